The van der Waals surface area contributed by atoms with E-state index in [1.165, 1.54) is 0 Å². The molecule has 2 aliphatic rings. The summed E-state index contributed by atoms with van der Waals surface area (Å²) >= 11 is 0. The molecular weight excluding hydrogens is 210 g/mol. The predicted molar refractivity (Wildman–Crippen MR) is 54.5 cm³/mol. The zero-order chi connectivity index (χ0) is 11.1. The van der Waals surface area contributed by atoms with Crippen LogP contribution in [0.1, 0.15) is 10.4 Å². The highest BCUT2D eigenvalue weighted by Crippen LogP contribution is 2.33. The van der Waals surface area contributed by atoms with Crippen LogP contribution in [0.4, 0.5) is 0 Å². The second-order valence-corrected chi connectivity index (χ2v) is 3.93. The maximum atomic E-state index is 11.9. The van der Waals surface area contributed by atoms with E-state index in [9.17, 15) is 4.79 Å². The summed E-state index contributed by atoms with van der Waals surface area (Å²) in [6.07, 6.45) is -0.377. The van der Waals surface area contributed by atoms with Crippen molar-refractivity contribution in [3.63, 3.8) is 0 Å². The number of aliphatic hydroxyl groups is 1. The fourth-order valence-corrected chi connectivity index (χ4v) is 1.83. The molecule has 5 heteroatoms. The van der Waals surface area contributed by atoms with Crippen molar-refractivity contribution in [1.82, 2.24) is 4.90 Å². The molecule has 1 aromatic carbocycles. The van der Waals surface area contributed by atoms with Crippen LogP contribution in [0.25, 0.3) is 0 Å². The van der Waals surface area contributed by atoms with Gasteiger partial charge in [0.25, 0.3) is 5.91 Å². The summed E-state index contributed by atoms with van der Waals surface area (Å²) in [7, 11) is 0. The first kappa shape index (κ1) is 9.47. The number of nitrogens with zero attached hydrogens (tertiary/aromatic N) is 1. The van der Waals surface area contributed by atoms with Crippen LogP contribution in [0.15, 0.2) is 18.2 Å². The van der Waals surface area contributed by atoms with Crippen LogP contribution in [-0.2, 0) is 0 Å². The van der Waals surface area contributed by atoms with E-state index in [1.807, 2.05) is 0 Å². The van der Waals surface area contributed by atoms with Gasteiger partial charge in [-0.3, -0.25) is 4.79 Å². The molecule has 2 aliphatic heterocycles. The van der Waals surface area contributed by atoms with Crippen molar-refractivity contribution < 1.29 is 19.4 Å². The molecule has 1 fully saturated rings. The van der Waals surface area contributed by atoms with E-state index in [0.29, 0.717) is 30.2 Å². The van der Waals surface area contributed by atoms with E-state index in [2.05, 4.69) is 0 Å². The number of carbonyl (C=O) groups excluding carboxylic acids is 1. The number of hydrogen-bond acceptors (Lipinski definition) is 4. The van der Waals surface area contributed by atoms with Crippen LogP contribution in [-0.4, -0.2) is 41.9 Å². The summed E-state index contributed by atoms with van der Waals surface area (Å²) in [5.74, 6) is 1.19. The fourth-order valence-electron chi connectivity index (χ4n) is 1.83. The standard InChI is InChI=1S/C11H11NO4/c13-8-4-12(5-8)11(14)7-1-2-9-10(3-7)16-6-15-9/h1-3,8,13H,4-6H2. The second-order valence-electron chi connectivity index (χ2n) is 3.93. The van der Waals surface area contributed by atoms with Crippen molar-refractivity contribution in [2.24, 2.45) is 0 Å². The van der Waals surface area contributed by atoms with Gasteiger partial charge in [-0.15, -0.1) is 0 Å². The molecule has 1 amide bonds. The molecule has 0 atom stereocenters. The molecule has 0 aliphatic carbocycles. The van der Waals surface area contributed by atoms with Gasteiger partial charge in [0.2, 0.25) is 6.79 Å². The van der Waals surface area contributed by atoms with Gasteiger partial charge in [-0.2, -0.15) is 0 Å². The van der Waals surface area contributed by atoms with E-state index in [4.69, 9.17) is 14.6 Å². The van der Waals surface area contributed by atoms with Crippen LogP contribution >= 0.6 is 0 Å². The van der Waals surface area contributed by atoms with E-state index >= 15 is 0 Å². The Hall–Kier alpha value is -1.75. The Morgan fingerprint density at radius 2 is 2.06 bits per heavy atom. The van der Waals surface area contributed by atoms with Crippen molar-refractivity contribution in [1.29, 1.82) is 0 Å². The summed E-state index contributed by atoms with van der Waals surface area (Å²) in [4.78, 5) is 13.5. The van der Waals surface area contributed by atoms with Crippen molar-refractivity contribution in [2.45, 2.75) is 6.10 Å². The highest BCUT2D eigenvalue weighted by Gasteiger charge is 2.30. The molecule has 84 valence electrons. The lowest BCUT2D eigenvalue weighted by Crippen LogP contribution is -2.53. The Balaban J connectivity index is 1.82. The number of aliphatic hydroxyl groups excluding tert-OH is 1. The number of hydrogen-bond donors (Lipinski definition) is 1. The SMILES string of the molecule is O=C(c1ccc2c(c1)OCO2)N1CC(O)C1. The normalized spacial score (nSPS) is 18.4. The molecule has 2 heterocycles. The van der Waals surface area contributed by atoms with Crippen LogP contribution in [0, 0.1) is 0 Å². The smallest absolute Gasteiger partial charge is 0.254 e. The first-order valence-electron chi connectivity index (χ1n) is 5.11. The minimum atomic E-state index is -0.377. The van der Waals surface area contributed by atoms with Gasteiger partial charge in [-0.25, -0.2) is 0 Å². The Labute approximate surface area is 92.2 Å². The molecule has 1 saturated heterocycles. The second kappa shape index (κ2) is 3.38. The first-order chi connectivity index (χ1) is 7.74. The lowest BCUT2D eigenvalue weighted by atomic mass is 10.1. The number of fused-ring (bicyclic) bond motifs is 1. The summed E-state index contributed by atoms with van der Waals surface area (Å²) in [6, 6.07) is 5.11. The summed E-state index contributed by atoms with van der Waals surface area (Å²) < 4.78 is 10.4. The molecule has 3 rings (SSSR count). The Morgan fingerprint density at radius 1 is 1.31 bits per heavy atom. The maximum absolute atomic E-state index is 11.9. The number of carbonyl (C=O) groups is 1. The van der Waals surface area contributed by atoms with Crippen molar-refractivity contribution in [2.75, 3.05) is 19.9 Å². The Morgan fingerprint density at radius 3 is 2.81 bits per heavy atom. The predicted octanol–water partition coefficient (Wildman–Crippen LogP) is 0.232. The molecule has 0 aromatic heterocycles. The largest absolute Gasteiger partial charge is 0.454 e. The molecule has 1 N–H and O–H groups in total. The van der Waals surface area contributed by atoms with Gasteiger partial charge in [0, 0.05) is 18.7 Å². The summed E-state index contributed by atoms with van der Waals surface area (Å²) in [5.41, 5.74) is 0.566. The van der Waals surface area contributed by atoms with E-state index in [-0.39, 0.29) is 18.8 Å². The number of rotatable bonds is 1. The van der Waals surface area contributed by atoms with Crippen molar-refractivity contribution >= 4 is 5.91 Å². The molecule has 1 aromatic rings. The Kier molecular flexibility index (Phi) is 2.00. The quantitative estimate of drug-likeness (QED) is 0.737. The molecule has 0 radical (unpaired) electrons. The third-order valence-electron chi connectivity index (χ3n) is 2.77. The van der Waals surface area contributed by atoms with E-state index < -0.39 is 0 Å². The van der Waals surface area contributed by atoms with E-state index in [0.717, 1.165) is 0 Å². The number of β-amino-alcohol motifs (C(OH)–C–C–N with tert-alkyl or cyclic N) is 1. The highest BCUT2D eigenvalue weighted by molar-refractivity contribution is 5.95. The highest BCUT2D eigenvalue weighted by atomic mass is 16.7. The average molecular weight is 221 g/mol. The van der Waals surface area contributed by atoms with Gasteiger partial charge >= 0.3 is 0 Å². The monoisotopic (exact) mass is 221 g/mol. The zero-order valence-electron chi connectivity index (χ0n) is 8.55. The zero-order valence-corrected chi connectivity index (χ0v) is 8.55. The minimum Gasteiger partial charge on any atom is -0.454 e. The lowest BCUT2D eigenvalue weighted by molar-refractivity contribution is 0.00588. The number of benzene rings is 1. The van der Waals surface area contributed by atoms with Crippen LogP contribution in [0.5, 0.6) is 11.5 Å². The molecular formula is C11H11NO4. The van der Waals surface area contributed by atoms with Crippen LogP contribution in [0.2, 0.25) is 0 Å². The number of amides is 1. The van der Waals surface area contributed by atoms with Gasteiger partial charge in [0.05, 0.1) is 6.10 Å². The van der Waals surface area contributed by atoms with Gasteiger partial charge in [-0.1, -0.05) is 0 Å². The third kappa shape index (κ3) is 1.40. The van der Waals surface area contributed by atoms with E-state index in [1.54, 1.807) is 23.1 Å². The Bertz CT molecular complexity index is 440. The lowest BCUT2D eigenvalue weighted by Gasteiger charge is -2.35. The molecule has 5 nitrogen and oxygen atoms in total. The molecule has 16 heavy (non-hydrogen) atoms. The third-order valence-corrected chi connectivity index (χ3v) is 2.77. The van der Waals surface area contributed by atoms with Gasteiger partial charge in [0.1, 0.15) is 0 Å². The average Bonchev–Trinajstić information content (AvgIpc) is 2.70. The number of ether oxygens (including phenoxy) is 2. The van der Waals surface area contributed by atoms with Gasteiger partial charge in [-0.05, 0) is 18.2 Å². The maximum Gasteiger partial charge on any atom is 0.254 e. The molecule has 0 saturated carbocycles. The summed E-state index contributed by atoms with van der Waals surface area (Å²) in [5, 5.41) is 9.13. The minimum absolute atomic E-state index is 0.0800. The molecule has 0 unspecified atom stereocenters. The molecule has 0 spiro atoms. The summed E-state index contributed by atoms with van der Waals surface area (Å²) in [6.45, 7) is 1.02. The fraction of sp³-hybridized carbons (Fsp3) is 0.364. The van der Waals surface area contributed by atoms with Gasteiger partial charge < -0.3 is 19.5 Å². The first-order valence-corrected chi connectivity index (χ1v) is 5.11. The van der Waals surface area contributed by atoms with Crippen LogP contribution < -0.4 is 9.47 Å². The van der Waals surface area contributed by atoms with Crippen molar-refractivity contribution in [3.8, 4) is 11.5 Å². The molecule has 0 bridgehead atoms. The van der Waals surface area contributed by atoms with Gasteiger partial charge in [0.15, 0.2) is 11.5 Å². The van der Waals surface area contributed by atoms with Crippen molar-refractivity contribution in [3.05, 3.63) is 23.8 Å². The topological polar surface area (TPSA) is 59.0 Å². The van der Waals surface area contributed by atoms with Crippen LogP contribution in [0.3, 0.4) is 0 Å². The number of likely N-dealkylation sites (tertiary alicyclic amines) is 1.